The van der Waals surface area contributed by atoms with Crippen molar-refractivity contribution in [3.8, 4) is 0 Å². The number of carbonyl (C=O) groups excluding carboxylic acids is 3. The van der Waals surface area contributed by atoms with Gasteiger partial charge in [-0.05, 0) is 86.7 Å². The molecule has 298 valence electrons. The molecular formula is C43H53F3N2O5S2. The second-order valence-electron chi connectivity index (χ2n) is 13.0. The van der Waals surface area contributed by atoms with Gasteiger partial charge in [0.25, 0.3) is 17.7 Å². The van der Waals surface area contributed by atoms with Crippen LogP contribution in [0.3, 0.4) is 0 Å². The van der Waals surface area contributed by atoms with Crippen molar-refractivity contribution in [2.75, 3.05) is 44.4 Å². The number of nitrogens with zero attached hydrogens (tertiary/aromatic N) is 2. The number of hydrogen-bond acceptors (Lipinski definition) is 7. The number of allylic oxidation sites excluding steroid dienone is 1. The summed E-state index contributed by atoms with van der Waals surface area (Å²) < 4.78 is 52.8. The molecule has 1 unspecified atom stereocenters. The number of imide groups is 1. The minimum absolute atomic E-state index is 0.0000620. The number of aryl methyl sites for hydroxylation is 1. The quantitative estimate of drug-likeness (QED) is 0.126. The highest BCUT2D eigenvalue weighted by molar-refractivity contribution is 8.08. The van der Waals surface area contributed by atoms with Crippen molar-refractivity contribution in [1.82, 2.24) is 4.90 Å². The van der Waals surface area contributed by atoms with E-state index in [0.717, 1.165) is 72.3 Å². The van der Waals surface area contributed by atoms with Crippen molar-refractivity contribution in [3.05, 3.63) is 105 Å². The third-order valence-electron chi connectivity index (χ3n) is 8.69. The Kier molecular flexibility index (Phi) is 18.3. The molecule has 1 saturated heterocycles. The van der Waals surface area contributed by atoms with E-state index in [1.807, 2.05) is 32.9 Å². The van der Waals surface area contributed by atoms with Gasteiger partial charge in [-0.1, -0.05) is 100 Å². The SMILES string of the molecule is C=C(C)c1ccc(SC2=C(Sc3ccc(C(=O)N4CCOCC4)cc3)C(=O)N(c3ccc(C)cc3C(F)(F)F)C2=O)cc1.CC.CCCOCCC(C)CC. The van der Waals surface area contributed by atoms with E-state index < -0.39 is 29.2 Å². The predicted octanol–water partition coefficient (Wildman–Crippen LogP) is 11.1. The molecule has 0 N–H and O–H groups in total. The number of benzene rings is 3. The minimum atomic E-state index is -4.79. The lowest BCUT2D eigenvalue weighted by Crippen LogP contribution is -2.40. The summed E-state index contributed by atoms with van der Waals surface area (Å²) in [6, 6.07) is 17.3. The van der Waals surface area contributed by atoms with Gasteiger partial charge in [-0.15, -0.1) is 0 Å². The minimum Gasteiger partial charge on any atom is -0.381 e. The Bertz CT molecular complexity index is 1790. The molecule has 3 amide bonds. The van der Waals surface area contributed by atoms with Crippen molar-refractivity contribution in [1.29, 1.82) is 0 Å². The Hall–Kier alpha value is -3.84. The maximum Gasteiger partial charge on any atom is 0.418 e. The Morgan fingerprint density at radius 2 is 1.40 bits per heavy atom. The number of hydrogen-bond donors (Lipinski definition) is 0. The van der Waals surface area contributed by atoms with Gasteiger partial charge in [-0.2, -0.15) is 13.2 Å². The molecule has 1 atom stereocenters. The zero-order valence-corrected chi connectivity index (χ0v) is 34.5. The summed E-state index contributed by atoms with van der Waals surface area (Å²) in [7, 11) is 0. The van der Waals surface area contributed by atoms with Crippen molar-refractivity contribution in [2.45, 2.75) is 83.7 Å². The van der Waals surface area contributed by atoms with Gasteiger partial charge in [-0.25, -0.2) is 4.90 Å². The van der Waals surface area contributed by atoms with Gasteiger partial charge in [0.2, 0.25) is 0 Å². The first-order valence-corrected chi connectivity index (χ1v) is 20.4. The van der Waals surface area contributed by atoms with Gasteiger partial charge in [0.05, 0.1) is 34.3 Å². The van der Waals surface area contributed by atoms with Crippen LogP contribution >= 0.6 is 23.5 Å². The third-order valence-corrected chi connectivity index (χ3v) is 11.0. The lowest BCUT2D eigenvalue weighted by molar-refractivity contribution is -0.137. The van der Waals surface area contributed by atoms with E-state index in [1.165, 1.54) is 25.8 Å². The van der Waals surface area contributed by atoms with Crippen LogP contribution in [0.5, 0.6) is 0 Å². The van der Waals surface area contributed by atoms with Gasteiger partial charge >= 0.3 is 6.18 Å². The second-order valence-corrected chi connectivity index (χ2v) is 15.1. The van der Waals surface area contributed by atoms with Crippen molar-refractivity contribution in [3.63, 3.8) is 0 Å². The zero-order valence-electron chi connectivity index (χ0n) is 32.9. The number of alkyl halides is 3. The molecule has 3 aromatic rings. The number of thioether (sulfide) groups is 2. The Balaban J connectivity index is 0.000000589. The predicted molar refractivity (Wildman–Crippen MR) is 218 cm³/mol. The van der Waals surface area contributed by atoms with Gasteiger partial charge in [-0.3, -0.25) is 14.4 Å². The van der Waals surface area contributed by atoms with E-state index in [4.69, 9.17) is 9.47 Å². The number of rotatable bonds is 13. The first kappa shape index (κ1) is 45.5. The molecule has 0 spiro atoms. The molecule has 2 aliphatic rings. The molecule has 0 radical (unpaired) electrons. The van der Waals surface area contributed by atoms with E-state index in [9.17, 15) is 27.6 Å². The van der Waals surface area contributed by atoms with Crippen molar-refractivity contribution >= 4 is 52.5 Å². The molecular weight excluding hydrogens is 746 g/mol. The van der Waals surface area contributed by atoms with Crippen LogP contribution in [-0.4, -0.2) is 62.1 Å². The smallest absolute Gasteiger partial charge is 0.381 e. The molecule has 55 heavy (non-hydrogen) atoms. The first-order valence-electron chi connectivity index (χ1n) is 18.7. The maximum absolute atomic E-state index is 14.0. The lowest BCUT2D eigenvalue weighted by Gasteiger charge is -2.26. The average Bonchev–Trinajstić information content (AvgIpc) is 3.41. The Morgan fingerprint density at radius 3 is 1.87 bits per heavy atom. The highest BCUT2D eigenvalue weighted by Crippen LogP contribution is 2.46. The van der Waals surface area contributed by atoms with Crippen LogP contribution in [0.1, 0.15) is 87.9 Å². The number of amides is 3. The van der Waals surface area contributed by atoms with E-state index in [1.54, 1.807) is 41.3 Å². The van der Waals surface area contributed by atoms with Gasteiger partial charge in [0, 0.05) is 41.7 Å². The van der Waals surface area contributed by atoms with E-state index >= 15 is 0 Å². The summed E-state index contributed by atoms with van der Waals surface area (Å²) in [5, 5.41) is 0. The number of ether oxygens (including phenoxy) is 2. The summed E-state index contributed by atoms with van der Waals surface area (Å²) in [5.41, 5.74) is 0.950. The summed E-state index contributed by atoms with van der Waals surface area (Å²) in [4.78, 5) is 43.9. The topological polar surface area (TPSA) is 76.2 Å². The molecule has 2 aliphatic heterocycles. The molecule has 7 nitrogen and oxygen atoms in total. The molecule has 0 bridgehead atoms. The fraction of sp³-hybridized carbons (Fsp3) is 0.419. The standard InChI is InChI=1S/C32H27F3N2O4S2.C9H20O.C2H6/c1-19(2)21-5-9-23(10-6-21)42-27-28(43-24-11-7-22(8-12-24)29(38)36-14-16-41-17-15-36)31(40)37(30(27)39)26-13-4-20(3)18-25(26)32(33,34)35;1-4-7-10-8-6-9(3)5-2;1-2/h4-13,18H,1,14-17H2,2-3H3;9H,4-8H2,1-3H3;1-2H3. The van der Waals surface area contributed by atoms with Crippen LogP contribution in [0.4, 0.5) is 18.9 Å². The van der Waals surface area contributed by atoms with Crippen LogP contribution in [-0.2, 0) is 25.2 Å². The number of morpholine rings is 1. The summed E-state index contributed by atoms with van der Waals surface area (Å²) in [6.07, 6.45) is -1.15. The fourth-order valence-corrected chi connectivity index (χ4v) is 7.34. The van der Waals surface area contributed by atoms with Crippen LogP contribution in [0.2, 0.25) is 0 Å². The first-order chi connectivity index (χ1) is 26.2. The molecule has 5 rings (SSSR count). The van der Waals surface area contributed by atoms with Crippen molar-refractivity contribution < 1.29 is 37.0 Å². The maximum atomic E-state index is 14.0. The average molecular weight is 799 g/mol. The van der Waals surface area contributed by atoms with E-state index in [2.05, 4.69) is 27.4 Å². The summed E-state index contributed by atoms with van der Waals surface area (Å²) in [5.74, 6) is -1.00. The van der Waals surface area contributed by atoms with Crippen LogP contribution in [0, 0.1) is 12.8 Å². The van der Waals surface area contributed by atoms with Gasteiger partial charge in [0.15, 0.2) is 0 Å². The van der Waals surface area contributed by atoms with Crippen LogP contribution in [0.25, 0.3) is 5.57 Å². The third kappa shape index (κ3) is 12.8. The number of carbonyl (C=O) groups is 3. The lowest BCUT2D eigenvalue weighted by atomic mass is 10.1. The molecule has 3 aromatic carbocycles. The molecule has 1 fully saturated rings. The molecule has 12 heteroatoms. The van der Waals surface area contributed by atoms with E-state index in [-0.39, 0.29) is 15.7 Å². The zero-order chi connectivity index (χ0) is 40.7. The second kappa shape index (κ2) is 22.0. The monoisotopic (exact) mass is 798 g/mol. The normalized spacial score (nSPS) is 14.9. The van der Waals surface area contributed by atoms with Crippen molar-refractivity contribution in [2.24, 2.45) is 5.92 Å². The van der Waals surface area contributed by atoms with Gasteiger partial charge in [0.1, 0.15) is 0 Å². The highest BCUT2D eigenvalue weighted by Gasteiger charge is 2.45. The van der Waals surface area contributed by atoms with E-state index in [0.29, 0.717) is 52.1 Å². The molecule has 2 heterocycles. The highest BCUT2D eigenvalue weighted by atomic mass is 32.2. The molecule has 0 aliphatic carbocycles. The fourth-order valence-electron chi connectivity index (χ4n) is 5.35. The number of anilines is 1. The summed E-state index contributed by atoms with van der Waals surface area (Å²) in [6.45, 7) is 21.7. The Morgan fingerprint density at radius 1 is 0.873 bits per heavy atom. The molecule has 0 aromatic heterocycles. The van der Waals surface area contributed by atoms with Crippen LogP contribution < -0.4 is 4.90 Å². The Labute approximate surface area is 332 Å². The number of halogens is 3. The largest absolute Gasteiger partial charge is 0.418 e. The summed E-state index contributed by atoms with van der Waals surface area (Å²) >= 11 is 1.99. The van der Waals surface area contributed by atoms with Crippen LogP contribution in [0.15, 0.2) is 92.9 Å². The molecule has 0 saturated carbocycles. The van der Waals surface area contributed by atoms with Gasteiger partial charge < -0.3 is 14.4 Å².